The zero-order valence-electron chi connectivity index (χ0n) is 9.74. The van der Waals surface area contributed by atoms with E-state index in [9.17, 15) is 25.3 Å². The summed E-state index contributed by atoms with van der Waals surface area (Å²) in [6.45, 7) is 0. The van der Waals surface area contributed by atoms with E-state index in [-0.39, 0.29) is 17.0 Å². The number of hydrogen-bond acceptors (Lipinski definition) is 7. The monoisotopic (exact) mass is 550 g/mol. The van der Waals surface area contributed by atoms with E-state index in [0.717, 1.165) is 22.6 Å². The van der Waals surface area contributed by atoms with Gasteiger partial charge in [-0.15, -0.1) is 0 Å². The molecule has 0 fully saturated rings. The molecule has 1 aromatic carbocycles. The molecule has 0 heterocycles. The summed E-state index contributed by atoms with van der Waals surface area (Å²) in [6, 6.07) is 0.433. The maximum Gasteiger partial charge on any atom is 0.428 e. The molecule has 0 unspecified atom stereocenters. The van der Waals surface area contributed by atoms with Crippen LogP contribution in [0.2, 0.25) is 0 Å². The highest BCUT2D eigenvalue weighted by atomic mass is 127. The van der Waals surface area contributed by atoms with E-state index >= 15 is 0 Å². The predicted octanol–water partition coefficient (Wildman–Crippen LogP) is -2.48. The van der Waals surface area contributed by atoms with Crippen molar-refractivity contribution in [1.82, 2.24) is 0 Å². The molecule has 0 saturated heterocycles. The molecule has 0 radical (unpaired) electrons. The maximum absolute atomic E-state index is 11.2. The highest BCUT2D eigenvalue weighted by Crippen LogP contribution is 2.39. The maximum atomic E-state index is 11.2. The van der Waals surface area contributed by atoms with Gasteiger partial charge in [-0.1, -0.05) is 0 Å². The number of nitrogens with zero attached hydrogens (tertiary/aromatic N) is 2. The van der Waals surface area contributed by atoms with Gasteiger partial charge in [-0.05, 0) is 28.7 Å². The first-order chi connectivity index (χ1) is 9.21. The van der Waals surface area contributed by atoms with Gasteiger partial charge in [0.05, 0.1) is 0 Å². The molecular formula is C6H4BrIN2O9S3. The Balaban J connectivity index is 0.00000441. The Morgan fingerprint density at radius 1 is 0.909 bits per heavy atom. The second-order valence-corrected chi connectivity index (χ2v) is 8.66. The molecule has 0 atom stereocenters. The molecule has 11 nitrogen and oxygen atoms in total. The molecule has 22 heavy (non-hydrogen) atoms. The van der Waals surface area contributed by atoms with Gasteiger partial charge in [-0.25, -0.2) is 0 Å². The highest BCUT2D eigenvalue weighted by Gasteiger charge is 2.42. The normalized spacial score (nSPS) is 12.3. The number of rotatable bonds is 3. The Bertz CT molecular complexity index is 977. The summed E-state index contributed by atoms with van der Waals surface area (Å²) in [7, 11) is -15.8. The molecule has 0 aliphatic rings. The summed E-state index contributed by atoms with van der Waals surface area (Å²) >= 11 is 1.14. The SMILES string of the molecule is N#[N+]c1c(S(=O)(=O)O)cc(I)c(S(=O)(=O)O)c1S(=O)(=O)O.[Br-]. The van der Waals surface area contributed by atoms with Crippen molar-refractivity contribution < 1.29 is 55.9 Å². The minimum absolute atomic E-state index is 0. The summed E-state index contributed by atoms with van der Waals surface area (Å²) in [5.74, 6) is 0. The molecule has 0 bridgehead atoms. The fourth-order valence-electron chi connectivity index (χ4n) is 1.35. The largest absolute Gasteiger partial charge is 1.00 e. The van der Waals surface area contributed by atoms with Crippen LogP contribution in [0.4, 0.5) is 5.69 Å². The molecule has 0 saturated carbocycles. The predicted molar refractivity (Wildman–Crippen MR) is 73.3 cm³/mol. The summed E-state index contributed by atoms with van der Waals surface area (Å²) in [6.07, 6.45) is 0. The number of hydrogen-bond donors (Lipinski definition) is 3. The molecule has 16 heteroatoms. The molecule has 0 amide bonds. The van der Waals surface area contributed by atoms with Crippen LogP contribution in [0, 0.1) is 8.96 Å². The first-order valence-corrected chi connectivity index (χ1v) is 9.75. The van der Waals surface area contributed by atoms with Gasteiger partial charge in [0.25, 0.3) is 10.1 Å². The van der Waals surface area contributed by atoms with E-state index in [1.165, 1.54) is 0 Å². The van der Waals surface area contributed by atoms with Crippen molar-refractivity contribution in [3.63, 3.8) is 0 Å². The fourth-order valence-corrected chi connectivity index (χ4v) is 5.88. The van der Waals surface area contributed by atoms with Gasteiger partial charge in [0.2, 0.25) is 10.3 Å². The van der Waals surface area contributed by atoms with Crippen LogP contribution in [-0.2, 0) is 30.4 Å². The summed E-state index contributed by atoms with van der Waals surface area (Å²) in [5.41, 5.74) is -1.46. The lowest BCUT2D eigenvalue weighted by Crippen LogP contribution is -3.00. The molecule has 0 aliphatic heterocycles. The van der Waals surface area contributed by atoms with Crippen LogP contribution in [0.15, 0.2) is 20.8 Å². The minimum Gasteiger partial charge on any atom is -1.00 e. The molecule has 0 aliphatic carbocycles. The van der Waals surface area contributed by atoms with E-state index in [1.54, 1.807) is 0 Å². The smallest absolute Gasteiger partial charge is 0.428 e. The third kappa shape index (κ3) is 4.31. The fraction of sp³-hybridized carbons (Fsp3) is 0. The molecular weight excluding hydrogens is 547 g/mol. The lowest BCUT2D eigenvalue weighted by atomic mass is 10.3. The average Bonchev–Trinajstić information content (AvgIpc) is 2.23. The van der Waals surface area contributed by atoms with Gasteiger partial charge in [0.15, 0.2) is 9.87 Å². The number of benzene rings is 1. The third-order valence-electron chi connectivity index (χ3n) is 2.02. The summed E-state index contributed by atoms with van der Waals surface area (Å²) in [4.78, 5) is -2.11. The van der Waals surface area contributed by atoms with E-state index in [4.69, 9.17) is 19.1 Å². The molecule has 0 aromatic heterocycles. The summed E-state index contributed by atoms with van der Waals surface area (Å²) < 4.78 is 93.3. The van der Waals surface area contributed by atoms with Gasteiger partial charge in [0.1, 0.15) is 4.90 Å². The van der Waals surface area contributed by atoms with Crippen LogP contribution in [0.25, 0.3) is 4.98 Å². The van der Waals surface area contributed by atoms with Crippen LogP contribution in [0.5, 0.6) is 0 Å². The van der Waals surface area contributed by atoms with Crippen molar-refractivity contribution in [3.8, 4) is 0 Å². The Hall–Kier alpha value is -0.420. The van der Waals surface area contributed by atoms with Crippen LogP contribution in [0.3, 0.4) is 0 Å². The van der Waals surface area contributed by atoms with E-state index in [0.29, 0.717) is 6.07 Å². The molecule has 1 rings (SSSR count). The third-order valence-corrected chi connectivity index (χ3v) is 6.09. The van der Waals surface area contributed by atoms with Crippen LogP contribution in [0.1, 0.15) is 0 Å². The Kier molecular flexibility index (Phi) is 6.47. The number of diazo groups is 1. The highest BCUT2D eigenvalue weighted by molar-refractivity contribution is 14.1. The summed E-state index contributed by atoms with van der Waals surface area (Å²) in [5, 5.41) is 8.70. The zero-order chi connectivity index (χ0) is 16.8. The Morgan fingerprint density at radius 3 is 1.59 bits per heavy atom. The van der Waals surface area contributed by atoms with Crippen LogP contribution in [-0.4, -0.2) is 38.9 Å². The number of halogens is 2. The lowest BCUT2D eigenvalue weighted by molar-refractivity contribution is -0.0000166. The van der Waals surface area contributed by atoms with Crippen molar-refractivity contribution in [2.45, 2.75) is 14.7 Å². The van der Waals surface area contributed by atoms with Crippen LogP contribution >= 0.6 is 22.6 Å². The van der Waals surface area contributed by atoms with Gasteiger partial charge >= 0.3 is 25.9 Å². The standard InChI is InChI=1S/C6H3IN2O9S3.BrH/c7-2-1-3(19(10,11)12)4(9-8)6(21(16,17)18)5(2)20(13,14)15;/h1H,(H2-,10,11,12,13,14,15,16,17,18);1H. The first-order valence-electron chi connectivity index (χ1n) is 4.35. The molecule has 3 N–H and O–H groups in total. The topological polar surface area (TPSA) is 191 Å². The van der Waals surface area contributed by atoms with E-state index in [2.05, 4.69) is 4.98 Å². The molecule has 124 valence electrons. The van der Waals surface area contributed by atoms with Gasteiger partial charge < -0.3 is 17.0 Å². The average molecular weight is 551 g/mol. The van der Waals surface area contributed by atoms with Gasteiger partial charge in [0, 0.05) is 3.57 Å². The van der Waals surface area contributed by atoms with Crippen molar-refractivity contribution in [3.05, 3.63) is 14.6 Å². The second-order valence-electron chi connectivity index (χ2n) is 3.39. The van der Waals surface area contributed by atoms with Crippen molar-refractivity contribution in [2.75, 3.05) is 0 Å². The first kappa shape index (κ1) is 21.6. The van der Waals surface area contributed by atoms with Crippen LogP contribution < -0.4 is 17.0 Å². The Morgan fingerprint density at radius 2 is 1.32 bits per heavy atom. The van der Waals surface area contributed by atoms with Crippen molar-refractivity contribution in [2.24, 2.45) is 0 Å². The molecule has 1 aromatic rings. The second kappa shape index (κ2) is 6.60. The quantitative estimate of drug-likeness (QED) is 0.206. The lowest BCUT2D eigenvalue weighted by Gasteiger charge is -2.06. The van der Waals surface area contributed by atoms with Crippen molar-refractivity contribution >= 4 is 58.6 Å². The minimum atomic E-state index is -5.44. The van der Waals surface area contributed by atoms with Gasteiger partial charge in [-0.2, -0.15) is 25.3 Å². The van der Waals surface area contributed by atoms with E-state index in [1.807, 2.05) is 0 Å². The van der Waals surface area contributed by atoms with E-state index < -0.39 is 54.3 Å². The van der Waals surface area contributed by atoms with Gasteiger partial charge in [-0.3, -0.25) is 13.7 Å². The zero-order valence-corrected chi connectivity index (χ0v) is 15.9. The Labute approximate surface area is 148 Å². The molecule has 0 spiro atoms. The van der Waals surface area contributed by atoms with Crippen molar-refractivity contribution in [1.29, 1.82) is 5.39 Å².